The van der Waals surface area contributed by atoms with E-state index in [1.807, 2.05) is 60.7 Å². The van der Waals surface area contributed by atoms with Gasteiger partial charge in [0, 0.05) is 12.4 Å². The summed E-state index contributed by atoms with van der Waals surface area (Å²) in [5.41, 5.74) is 3.47. The maximum Gasteiger partial charge on any atom is 0.161 e. The summed E-state index contributed by atoms with van der Waals surface area (Å²) in [6, 6.07) is 19.1. The Morgan fingerprint density at radius 1 is 0.667 bits per heavy atom. The number of aliphatic imine (C=N–C) groups is 2. The lowest BCUT2D eigenvalue weighted by molar-refractivity contribution is 0.252. The molecule has 8 heteroatoms. The lowest BCUT2D eigenvalue weighted by Crippen LogP contribution is -2.05. The molecule has 2 aliphatic rings. The third-order valence-corrected chi connectivity index (χ3v) is 5.60. The highest BCUT2D eigenvalue weighted by atomic mass is 16.6. The first-order valence-corrected chi connectivity index (χ1v) is 11.7. The van der Waals surface area contributed by atoms with Crippen molar-refractivity contribution in [2.45, 2.75) is 12.2 Å². The van der Waals surface area contributed by atoms with Crippen LogP contribution in [-0.2, 0) is 9.47 Å². The van der Waals surface area contributed by atoms with Gasteiger partial charge >= 0.3 is 0 Å². The quantitative estimate of drug-likeness (QED) is 0.270. The highest BCUT2D eigenvalue weighted by Gasteiger charge is 2.24. The summed E-state index contributed by atoms with van der Waals surface area (Å²) in [6.45, 7) is 2.57. The molecule has 186 valence electrons. The van der Waals surface area contributed by atoms with E-state index in [0.717, 1.165) is 35.7 Å². The van der Waals surface area contributed by atoms with Crippen molar-refractivity contribution in [2.75, 3.05) is 40.6 Å². The van der Waals surface area contributed by atoms with Gasteiger partial charge in [-0.3, -0.25) is 9.98 Å². The molecule has 0 bridgehead atoms. The Kier molecular flexibility index (Phi) is 7.44. The molecule has 5 rings (SSSR count). The van der Waals surface area contributed by atoms with Crippen LogP contribution in [0.15, 0.2) is 70.6 Å². The lowest BCUT2D eigenvalue weighted by atomic mass is 10.2. The topological polar surface area (TPSA) is 86.7 Å². The molecule has 0 N–H and O–H groups in total. The third-order valence-electron chi connectivity index (χ3n) is 5.60. The minimum atomic E-state index is 0.193. The fourth-order valence-corrected chi connectivity index (χ4v) is 3.38. The molecule has 0 aromatic heterocycles. The molecule has 2 unspecified atom stereocenters. The van der Waals surface area contributed by atoms with Crippen LogP contribution in [0.2, 0.25) is 0 Å². The summed E-state index contributed by atoms with van der Waals surface area (Å²) >= 11 is 0. The first kappa shape index (κ1) is 23.8. The molecule has 2 atom stereocenters. The van der Waals surface area contributed by atoms with Gasteiger partial charge in [0.15, 0.2) is 23.0 Å². The number of ether oxygens (including phenoxy) is 6. The van der Waals surface area contributed by atoms with Gasteiger partial charge in [-0.05, 0) is 71.8 Å². The van der Waals surface area contributed by atoms with Crippen molar-refractivity contribution < 1.29 is 28.4 Å². The van der Waals surface area contributed by atoms with Crippen LogP contribution >= 0.6 is 0 Å². The predicted molar refractivity (Wildman–Crippen MR) is 137 cm³/mol. The highest BCUT2D eigenvalue weighted by Crippen LogP contribution is 2.30. The second-order valence-corrected chi connectivity index (χ2v) is 8.39. The van der Waals surface area contributed by atoms with Crippen LogP contribution < -0.4 is 18.9 Å². The summed E-state index contributed by atoms with van der Waals surface area (Å²) in [6.07, 6.45) is 3.97. The van der Waals surface area contributed by atoms with Gasteiger partial charge in [0.25, 0.3) is 0 Å². The second-order valence-electron chi connectivity index (χ2n) is 8.39. The lowest BCUT2D eigenvalue weighted by Gasteiger charge is -2.10. The van der Waals surface area contributed by atoms with Crippen molar-refractivity contribution in [3.05, 3.63) is 71.8 Å². The predicted octanol–water partition coefficient (Wildman–Crippen LogP) is 4.76. The number of hydrogen-bond donors (Lipinski definition) is 0. The maximum atomic E-state index is 5.75. The fraction of sp³-hybridized carbons (Fsp3) is 0.286. The maximum absolute atomic E-state index is 5.75. The van der Waals surface area contributed by atoms with Crippen molar-refractivity contribution in [2.24, 2.45) is 9.98 Å². The molecular weight excluding hydrogens is 460 g/mol. The Balaban J connectivity index is 1.19. The molecule has 0 saturated carbocycles. The van der Waals surface area contributed by atoms with Gasteiger partial charge in [0.1, 0.15) is 25.4 Å². The van der Waals surface area contributed by atoms with Crippen molar-refractivity contribution in [1.29, 1.82) is 0 Å². The van der Waals surface area contributed by atoms with Crippen LogP contribution in [0.3, 0.4) is 0 Å². The Hall–Kier alpha value is -3.88. The van der Waals surface area contributed by atoms with Gasteiger partial charge in [-0.25, -0.2) is 0 Å². The summed E-state index contributed by atoms with van der Waals surface area (Å²) in [5, 5.41) is 0. The van der Waals surface area contributed by atoms with E-state index in [9.17, 15) is 0 Å². The Labute approximate surface area is 210 Å². The van der Waals surface area contributed by atoms with Gasteiger partial charge in [-0.1, -0.05) is 0 Å². The minimum absolute atomic E-state index is 0.193. The molecule has 8 nitrogen and oxygen atoms in total. The monoisotopic (exact) mass is 488 g/mol. The largest absolute Gasteiger partial charge is 0.493 e. The zero-order valence-electron chi connectivity index (χ0n) is 20.3. The van der Waals surface area contributed by atoms with E-state index >= 15 is 0 Å². The minimum Gasteiger partial charge on any atom is -0.493 e. The van der Waals surface area contributed by atoms with Crippen molar-refractivity contribution in [3.8, 4) is 23.0 Å². The number of benzene rings is 3. The van der Waals surface area contributed by atoms with Crippen molar-refractivity contribution >= 4 is 23.8 Å². The van der Waals surface area contributed by atoms with E-state index in [2.05, 4.69) is 9.98 Å². The van der Waals surface area contributed by atoms with Crippen LogP contribution in [0.4, 0.5) is 11.4 Å². The average Bonchev–Trinajstić information content (AvgIpc) is 3.85. The molecule has 0 radical (unpaired) electrons. The first-order valence-electron chi connectivity index (χ1n) is 11.7. The van der Waals surface area contributed by atoms with Crippen LogP contribution in [0.5, 0.6) is 23.0 Å². The van der Waals surface area contributed by atoms with E-state index in [4.69, 9.17) is 28.4 Å². The van der Waals surface area contributed by atoms with Gasteiger partial charge in [0.2, 0.25) is 0 Å². The van der Waals surface area contributed by atoms with E-state index in [1.165, 1.54) is 0 Å². The average molecular weight is 489 g/mol. The number of nitrogens with zero attached hydrogens (tertiary/aromatic N) is 2. The summed E-state index contributed by atoms with van der Waals surface area (Å²) in [4.78, 5) is 9.12. The SMILES string of the molecule is COc1cc(C=Nc2ccc(N=Cc3ccc(OCC4CO4)c(OC)c3)cc2)ccc1OCC1CO1. The number of hydrogen-bond acceptors (Lipinski definition) is 8. The van der Waals surface area contributed by atoms with Crippen LogP contribution in [0.1, 0.15) is 11.1 Å². The highest BCUT2D eigenvalue weighted by molar-refractivity contribution is 5.84. The standard InChI is InChI=1S/C28H28N2O6/c1-31-27-11-19(3-9-25(27)35-17-23-15-33-23)13-29-21-5-7-22(8-6-21)30-14-20-4-10-26(28(12-20)32-2)36-18-24-16-34-24/h3-14,23-24H,15-18H2,1-2H3. The summed E-state index contributed by atoms with van der Waals surface area (Å²) < 4.78 is 32.8. The smallest absolute Gasteiger partial charge is 0.161 e. The van der Waals surface area contributed by atoms with Crippen molar-refractivity contribution in [1.82, 2.24) is 0 Å². The fourth-order valence-electron chi connectivity index (χ4n) is 3.38. The van der Waals surface area contributed by atoms with Gasteiger partial charge in [0.05, 0.1) is 38.8 Å². The van der Waals surface area contributed by atoms with Gasteiger partial charge < -0.3 is 28.4 Å². The number of methoxy groups -OCH3 is 2. The Morgan fingerprint density at radius 2 is 1.08 bits per heavy atom. The number of rotatable bonds is 12. The van der Waals surface area contributed by atoms with Crippen LogP contribution in [-0.4, -0.2) is 65.3 Å². The van der Waals surface area contributed by atoms with Gasteiger partial charge in [-0.2, -0.15) is 0 Å². The molecule has 3 aromatic carbocycles. The molecule has 0 amide bonds. The van der Waals surface area contributed by atoms with E-state index in [0.29, 0.717) is 36.2 Å². The van der Waals surface area contributed by atoms with E-state index in [-0.39, 0.29) is 12.2 Å². The zero-order chi connectivity index (χ0) is 24.7. The molecule has 0 aliphatic carbocycles. The van der Waals surface area contributed by atoms with Crippen molar-refractivity contribution in [3.63, 3.8) is 0 Å². The van der Waals surface area contributed by atoms with E-state index < -0.39 is 0 Å². The van der Waals surface area contributed by atoms with Gasteiger partial charge in [-0.15, -0.1) is 0 Å². The molecule has 36 heavy (non-hydrogen) atoms. The first-order chi connectivity index (χ1) is 17.7. The van der Waals surface area contributed by atoms with Crippen LogP contribution in [0.25, 0.3) is 0 Å². The molecule has 2 saturated heterocycles. The second kappa shape index (κ2) is 11.2. The molecule has 2 heterocycles. The van der Waals surface area contributed by atoms with Crippen LogP contribution in [0, 0.1) is 0 Å². The normalized spacial score (nSPS) is 18.4. The Bertz CT molecular complexity index is 1140. The summed E-state index contributed by atoms with van der Waals surface area (Å²) in [7, 11) is 3.25. The molecule has 0 spiro atoms. The molecule has 2 aliphatic heterocycles. The number of epoxide rings is 2. The molecule has 3 aromatic rings. The molecule has 2 fully saturated rings. The zero-order valence-corrected chi connectivity index (χ0v) is 20.3. The molecular formula is C28H28N2O6. The Morgan fingerprint density at radius 3 is 1.44 bits per heavy atom. The third kappa shape index (κ3) is 6.62. The summed E-state index contributed by atoms with van der Waals surface area (Å²) in [5.74, 6) is 2.72. The van der Waals surface area contributed by atoms with E-state index in [1.54, 1.807) is 26.6 Å².